The van der Waals surface area contributed by atoms with E-state index in [1.165, 1.54) is 6.07 Å². The summed E-state index contributed by atoms with van der Waals surface area (Å²) in [6.07, 6.45) is 0. The normalized spacial score (nSPS) is 9.53. The Morgan fingerprint density at radius 3 is 2.53 bits per heavy atom. The van der Waals surface area contributed by atoms with Crippen LogP contribution in [0.25, 0.3) is 11.0 Å². The molecule has 0 saturated heterocycles. The number of carboxylic acids is 1. The molecular formula is C12H14O3. The molecule has 3 nitrogen and oxygen atoms in total. The third-order valence-corrected chi connectivity index (χ3v) is 1.89. The summed E-state index contributed by atoms with van der Waals surface area (Å²) in [7, 11) is 0. The minimum absolute atomic E-state index is 0.252. The molecule has 0 bridgehead atoms. The van der Waals surface area contributed by atoms with Crippen molar-refractivity contribution in [2.24, 2.45) is 0 Å². The SMILES string of the molecule is CC.Cc1cc2ccc(C(=O)O)cc2o1. The molecule has 0 unspecified atom stereocenters. The van der Waals surface area contributed by atoms with Crippen LogP contribution < -0.4 is 0 Å². The first-order chi connectivity index (χ1) is 7.16. The van der Waals surface area contributed by atoms with Gasteiger partial charge >= 0.3 is 5.97 Å². The van der Waals surface area contributed by atoms with E-state index in [9.17, 15) is 4.79 Å². The fourth-order valence-corrected chi connectivity index (χ4v) is 1.30. The van der Waals surface area contributed by atoms with Crippen molar-refractivity contribution in [2.45, 2.75) is 20.8 Å². The molecule has 1 aromatic heterocycles. The van der Waals surface area contributed by atoms with Crippen LogP contribution in [0, 0.1) is 6.92 Å². The predicted molar refractivity (Wildman–Crippen MR) is 59.3 cm³/mol. The quantitative estimate of drug-likeness (QED) is 0.777. The zero-order valence-corrected chi connectivity index (χ0v) is 9.07. The van der Waals surface area contributed by atoms with E-state index in [4.69, 9.17) is 9.52 Å². The summed E-state index contributed by atoms with van der Waals surface area (Å²) in [5, 5.41) is 9.64. The third-order valence-electron chi connectivity index (χ3n) is 1.89. The molecular weight excluding hydrogens is 192 g/mol. The average molecular weight is 206 g/mol. The lowest BCUT2D eigenvalue weighted by molar-refractivity contribution is 0.0697. The fraction of sp³-hybridized carbons (Fsp3) is 0.250. The van der Waals surface area contributed by atoms with Crippen molar-refractivity contribution in [1.29, 1.82) is 0 Å². The first-order valence-corrected chi connectivity index (χ1v) is 4.90. The van der Waals surface area contributed by atoms with Gasteiger partial charge in [0.1, 0.15) is 11.3 Å². The first kappa shape index (κ1) is 11.3. The number of aryl methyl sites for hydroxylation is 1. The highest BCUT2D eigenvalue weighted by Crippen LogP contribution is 2.19. The van der Waals surface area contributed by atoms with Crippen molar-refractivity contribution in [1.82, 2.24) is 0 Å². The molecule has 0 aliphatic rings. The Morgan fingerprint density at radius 1 is 1.27 bits per heavy atom. The zero-order chi connectivity index (χ0) is 11.4. The highest BCUT2D eigenvalue weighted by molar-refractivity contribution is 5.92. The Bertz CT molecular complexity index is 469. The minimum Gasteiger partial charge on any atom is -0.478 e. The first-order valence-electron chi connectivity index (χ1n) is 4.90. The highest BCUT2D eigenvalue weighted by Gasteiger charge is 2.05. The fourth-order valence-electron chi connectivity index (χ4n) is 1.30. The number of carbonyl (C=O) groups is 1. The largest absolute Gasteiger partial charge is 0.478 e. The second-order valence-corrected chi connectivity index (χ2v) is 2.91. The van der Waals surface area contributed by atoms with Crippen LogP contribution in [0.2, 0.25) is 0 Å². The molecule has 15 heavy (non-hydrogen) atoms. The Balaban J connectivity index is 0.000000531. The maximum absolute atomic E-state index is 10.6. The minimum atomic E-state index is -0.934. The van der Waals surface area contributed by atoms with Crippen LogP contribution in [0.3, 0.4) is 0 Å². The van der Waals surface area contributed by atoms with Gasteiger partial charge in [0.05, 0.1) is 5.56 Å². The number of hydrogen-bond donors (Lipinski definition) is 1. The molecule has 0 aliphatic heterocycles. The molecule has 3 heteroatoms. The van der Waals surface area contributed by atoms with Crippen molar-refractivity contribution in [2.75, 3.05) is 0 Å². The number of benzene rings is 1. The van der Waals surface area contributed by atoms with Gasteiger partial charge in [-0.1, -0.05) is 19.9 Å². The molecule has 0 saturated carbocycles. The predicted octanol–water partition coefficient (Wildman–Crippen LogP) is 3.47. The van der Waals surface area contributed by atoms with Gasteiger partial charge < -0.3 is 9.52 Å². The molecule has 0 radical (unpaired) electrons. The molecule has 80 valence electrons. The molecule has 0 aliphatic carbocycles. The summed E-state index contributed by atoms with van der Waals surface area (Å²) in [6.45, 7) is 5.83. The van der Waals surface area contributed by atoms with Gasteiger partial charge in [-0.25, -0.2) is 4.79 Å². The molecule has 1 aromatic carbocycles. The van der Waals surface area contributed by atoms with Crippen LogP contribution in [0.5, 0.6) is 0 Å². The van der Waals surface area contributed by atoms with Gasteiger partial charge in [0, 0.05) is 5.39 Å². The standard InChI is InChI=1S/C10H8O3.C2H6/c1-6-4-7-2-3-8(10(11)12)5-9(7)13-6;1-2/h2-5H,1H3,(H,11,12);1-2H3. The van der Waals surface area contributed by atoms with Crippen molar-refractivity contribution in [3.05, 3.63) is 35.6 Å². The molecule has 0 fully saturated rings. The lowest BCUT2D eigenvalue weighted by Crippen LogP contribution is -1.94. The van der Waals surface area contributed by atoms with E-state index in [1.807, 2.05) is 26.8 Å². The van der Waals surface area contributed by atoms with Crippen LogP contribution in [0.4, 0.5) is 0 Å². The van der Waals surface area contributed by atoms with E-state index < -0.39 is 5.97 Å². The van der Waals surface area contributed by atoms with E-state index in [-0.39, 0.29) is 5.56 Å². The molecule has 0 spiro atoms. The summed E-state index contributed by atoms with van der Waals surface area (Å²) < 4.78 is 5.30. The maximum atomic E-state index is 10.6. The van der Waals surface area contributed by atoms with Gasteiger partial charge in [0.2, 0.25) is 0 Å². The van der Waals surface area contributed by atoms with E-state index in [2.05, 4.69) is 0 Å². The van der Waals surface area contributed by atoms with Crippen molar-refractivity contribution in [3.63, 3.8) is 0 Å². The molecule has 2 aromatic rings. The van der Waals surface area contributed by atoms with Gasteiger partial charge in [-0.05, 0) is 25.1 Å². The van der Waals surface area contributed by atoms with Gasteiger partial charge in [0.25, 0.3) is 0 Å². The Hall–Kier alpha value is -1.77. The smallest absolute Gasteiger partial charge is 0.335 e. The Morgan fingerprint density at radius 2 is 1.93 bits per heavy atom. The van der Waals surface area contributed by atoms with Crippen molar-refractivity contribution >= 4 is 16.9 Å². The topological polar surface area (TPSA) is 50.4 Å². The average Bonchev–Trinajstić information content (AvgIpc) is 2.59. The van der Waals surface area contributed by atoms with Gasteiger partial charge in [-0.15, -0.1) is 0 Å². The second-order valence-electron chi connectivity index (χ2n) is 2.91. The van der Waals surface area contributed by atoms with E-state index in [1.54, 1.807) is 12.1 Å². The van der Waals surface area contributed by atoms with Crippen LogP contribution in [-0.4, -0.2) is 11.1 Å². The Kier molecular flexibility index (Phi) is 3.50. The number of rotatable bonds is 1. The Labute approximate surface area is 88.3 Å². The molecule has 1 heterocycles. The van der Waals surface area contributed by atoms with Crippen LogP contribution >= 0.6 is 0 Å². The molecule has 1 N–H and O–H groups in total. The monoisotopic (exact) mass is 206 g/mol. The number of aromatic carboxylic acids is 1. The van der Waals surface area contributed by atoms with Crippen LogP contribution in [-0.2, 0) is 0 Å². The van der Waals surface area contributed by atoms with Crippen molar-refractivity contribution in [3.8, 4) is 0 Å². The number of fused-ring (bicyclic) bond motifs is 1. The zero-order valence-electron chi connectivity index (χ0n) is 9.07. The number of hydrogen-bond acceptors (Lipinski definition) is 2. The van der Waals surface area contributed by atoms with Gasteiger partial charge in [-0.2, -0.15) is 0 Å². The van der Waals surface area contributed by atoms with Crippen LogP contribution in [0.15, 0.2) is 28.7 Å². The molecule has 0 amide bonds. The number of carboxylic acid groups (broad SMARTS) is 1. The third kappa shape index (κ3) is 2.37. The molecule has 2 rings (SSSR count). The van der Waals surface area contributed by atoms with E-state index in [0.29, 0.717) is 5.58 Å². The van der Waals surface area contributed by atoms with Crippen molar-refractivity contribution < 1.29 is 14.3 Å². The highest BCUT2D eigenvalue weighted by atomic mass is 16.4. The summed E-state index contributed by atoms with van der Waals surface area (Å²) in [5.41, 5.74) is 0.874. The lowest BCUT2D eigenvalue weighted by atomic mass is 10.2. The summed E-state index contributed by atoms with van der Waals surface area (Å²) in [6, 6.07) is 6.72. The number of furan rings is 1. The van der Waals surface area contributed by atoms with Gasteiger partial charge in [0.15, 0.2) is 0 Å². The lowest BCUT2D eigenvalue weighted by Gasteiger charge is -1.92. The van der Waals surface area contributed by atoms with E-state index >= 15 is 0 Å². The summed E-state index contributed by atoms with van der Waals surface area (Å²) in [5.74, 6) is -0.145. The maximum Gasteiger partial charge on any atom is 0.335 e. The second kappa shape index (κ2) is 4.64. The van der Waals surface area contributed by atoms with Crippen LogP contribution in [0.1, 0.15) is 30.0 Å². The van der Waals surface area contributed by atoms with E-state index in [0.717, 1.165) is 11.1 Å². The molecule has 0 atom stereocenters. The summed E-state index contributed by atoms with van der Waals surface area (Å²) in [4.78, 5) is 10.6. The van der Waals surface area contributed by atoms with Gasteiger partial charge in [-0.3, -0.25) is 0 Å². The summed E-state index contributed by atoms with van der Waals surface area (Å²) >= 11 is 0.